The molecule has 0 saturated heterocycles. The van der Waals surface area contributed by atoms with E-state index in [1.54, 1.807) is 12.1 Å². The molecule has 1 aromatic carbocycles. The summed E-state index contributed by atoms with van der Waals surface area (Å²) in [5.41, 5.74) is 1.02. The first-order valence-corrected chi connectivity index (χ1v) is 5.51. The Bertz CT molecular complexity index is 313. The summed E-state index contributed by atoms with van der Waals surface area (Å²) in [6, 6.07) is 7.35. The molecule has 1 aromatic rings. The SMILES string of the molecule is O=CC(F)CCCOCc1ccc(Cl)cc1. The number of hydrogen-bond acceptors (Lipinski definition) is 2. The molecule has 1 unspecified atom stereocenters. The molecule has 2 nitrogen and oxygen atoms in total. The van der Waals surface area contributed by atoms with Crippen molar-refractivity contribution in [2.45, 2.75) is 25.6 Å². The quantitative estimate of drug-likeness (QED) is 0.544. The number of aldehydes is 1. The number of carbonyl (C=O) groups is 1. The summed E-state index contributed by atoms with van der Waals surface area (Å²) < 4.78 is 17.8. The van der Waals surface area contributed by atoms with Crippen LogP contribution in [0.25, 0.3) is 0 Å². The molecule has 0 aliphatic heterocycles. The van der Waals surface area contributed by atoms with Crippen molar-refractivity contribution in [3.63, 3.8) is 0 Å². The second-order valence-corrected chi connectivity index (χ2v) is 3.91. The van der Waals surface area contributed by atoms with E-state index in [4.69, 9.17) is 16.3 Å². The monoisotopic (exact) mass is 244 g/mol. The second-order valence-electron chi connectivity index (χ2n) is 3.47. The summed E-state index contributed by atoms with van der Waals surface area (Å²) in [5.74, 6) is 0. The topological polar surface area (TPSA) is 26.3 Å². The number of halogens is 2. The van der Waals surface area contributed by atoms with Crippen LogP contribution in [-0.2, 0) is 16.1 Å². The van der Waals surface area contributed by atoms with E-state index < -0.39 is 6.17 Å². The van der Waals surface area contributed by atoms with Gasteiger partial charge in [-0.1, -0.05) is 23.7 Å². The lowest BCUT2D eigenvalue weighted by molar-refractivity contribution is -0.112. The van der Waals surface area contributed by atoms with Gasteiger partial charge in [-0.15, -0.1) is 0 Å². The molecule has 0 amide bonds. The van der Waals surface area contributed by atoms with Crippen LogP contribution < -0.4 is 0 Å². The highest BCUT2D eigenvalue weighted by molar-refractivity contribution is 6.30. The molecule has 1 atom stereocenters. The Balaban J connectivity index is 2.11. The number of benzene rings is 1. The van der Waals surface area contributed by atoms with Crippen LogP contribution in [-0.4, -0.2) is 19.1 Å². The summed E-state index contributed by atoms with van der Waals surface area (Å²) in [5, 5.41) is 0.690. The standard InChI is InChI=1S/C12H14ClFO2/c13-11-5-3-10(4-6-11)9-16-7-1-2-12(14)8-15/h3-6,8,12H,1-2,7,9H2. The number of rotatable bonds is 7. The van der Waals surface area contributed by atoms with Crippen molar-refractivity contribution >= 4 is 17.9 Å². The predicted molar refractivity (Wildman–Crippen MR) is 61.3 cm³/mol. The van der Waals surface area contributed by atoms with Crippen molar-refractivity contribution in [3.8, 4) is 0 Å². The summed E-state index contributed by atoms with van der Waals surface area (Å²) in [7, 11) is 0. The van der Waals surface area contributed by atoms with Crippen molar-refractivity contribution in [1.82, 2.24) is 0 Å². The van der Waals surface area contributed by atoms with Gasteiger partial charge in [-0.2, -0.15) is 0 Å². The zero-order chi connectivity index (χ0) is 11.8. The lowest BCUT2D eigenvalue weighted by Crippen LogP contribution is -2.04. The van der Waals surface area contributed by atoms with Gasteiger partial charge in [0, 0.05) is 11.6 Å². The van der Waals surface area contributed by atoms with Crippen molar-refractivity contribution in [2.24, 2.45) is 0 Å². The third-order valence-electron chi connectivity index (χ3n) is 2.10. The van der Waals surface area contributed by atoms with Gasteiger partial charge < -0.3 is 9.53 Å². The Morgan fingerprint density at radius 1 is 1.38 bits per heavy atom. The number of ether oxygens (including phenoxy) is 1. The van der Waals surface area contributed by atoms with Crippen LogP contribution in [0, 0.1) is 0 Å². The maximum absolute atomic E-state index is 12.5. The first-order valence-electron chi connectivity index (χ1n) is 5.14. The normalized spacial score (nSPS) is 12.4. The molecule has 0 N–H and O–H groups in total. The Labute approximate surface area is 99.4 Å². The van der Waals surface area contributed by atoms with E-state index in [1.165, 1.54) is 0 Å². The van der Waals surface area contributed by atoms with Crippen LogP contribution in [0.5, 0.6) is 0 Å². The summed E-state index contributed by atoms with van der Waals surface area (Å²) in [6.07, 6.45) is -0.268. The lowest BCUT2D eigenvalue weighted by Gasteiger charge is -2.04. The first-order chi connectivity index (χ1) is 7.72. The van der Waals surface area contributed by atoms with Crippen LogP contribution >= 0.6 is 11.6 Å². The Morgan fingerprint density at radius 3 is 2.69 bits per heavy atom. The van der Waals surface area contributed by atoms with Crippen LogP contribution in [0.3, 0.4) is 0 Å². The Morgan fingerprint density at radius 2 is 2.06 bits per heavy atom. The van der Waals surface area contributed by atoms with Gasteiger partial charge in [0.2, 0.25) is 0 Å². The van der Waals surface area contributed by atoms with E-state index in [0.29, 0.717) is 30.9 Å². The van der Waals surface area contributed by atoms with Crippen LogP contribution in [0.2, 0.25) is 5.02 Å². The molecule has 0 fully saturated rings. The molecule has 0 saturated carbocycles. The zero-order valence-electron chi connectivity index (χ0n) is 8.86. The van der Waals surface area contributed by atoms with Crippen molar-refractivity contribution in [3.05, 3.63) is 34.9 Å². The number of hydrogen-bond donors (Lipinski definition) is 0. The first kappa shape index (κ1) is 13.1. The van der Waals surface area contributed by atoms with Gasteiger partial charge in [-0.05, 0) is 30.5 Å². The highest BCUT2D eigenvalue weighted by Gasteiger charge is 2.02. The Kier molecular flexibility index (Phi) is 6.04. The molecule has 0 aromatic heterocycles. The molecule has 16 heavy (non-hydrogen) atoms. The molecule has 0 heterocycles. The highest BCUT2D eigenvalue weighted by atomic mass is 35.5. The maximum Gasteiger partial charge on any atom is 0.155 e. The minimum absolute atomic E-state index is 0.226. The average Bonchev–Trinajstić information content (AvgIpc) is 2.31. The van der Waals surface area contributed by atoms with Gasteiger partial charge in [-0.3, -0.25) is 0 Å². The Hall–Kier alpha value is -0.930. The highest BCUT2D eigenvalue weighted by Crippen LogP contribution is 2.10. The van der Waals surface area contributed by atoms with E-state index in [9.17, 15) is 9.18 Å². The maximum atomic E-state index is 12.5. The van der Waals surface area contributed by atoms with Crippen LogP contribution in [0.4, 0.5) is 4.39 Å². The largest absolute Gasteiger partial charge is 0.377 e. The smallest absolute Gasteiger partial charge is 0.155 e. The fraction of sp³-hybridized carbons (Fsp3) is 0.417. The second kappa shape index (κ2) is 7.36. The molecule has 4 heteroatoms. The van der Waals surface area contributed by atoms with E-state index in [2.05, 4.69) is 0 Å². The van der Waals surface area contributed by atoms with Gasteiger partial charge in [0.05, 0.1) is 6.61 Å². The third-order valence-corrected chi connectivity index (χ3v) is 2.35. The number of carbonyl (C=O) groups excluding carboxylic acids is 1. The summed E-state index contributed by atoms with van der Waals surface area (Å²) in [6.45, 7) is 0.937. The fourth-order valence-corrected chi connectivity index (χ4v) is 1.35. The van der Waals surface area contributed by atoms with Gasteiger partial charge >= 0.3 is 0 Å². The minimum Gasteiger partial charge on any atom is -0.377 e. The van der Waals surface area contributed by atoms with E-state index >= 15 is 0 Å². The minimum atomic E-state index is -1.36. The lowest BCUT2D eigenvalue weighted by atomic mass is 10.2. The van der Waals surface area contributed by atoms with E-state index in [-0.39, 0.29) is 6.42 Å². The van der Waals surface area contributed by atoms with Crippen LogP contribution in [0.15, 0.2) is 24.3 Å². The van der Waals surface area contributed by atoms with Crippen molar-refractivity contribution < 1.29 is 13.9 Å². The predicted octanol–water partition coefficient (Wildman–Crippen LogP) is 3.17. The third kappa shape index (κ3) is 5.24. The zero-order valence-corrected chi connectivity index (χ0v) is 9.62. The fourth-order valence-electron chi connectivity index (χ4n) is 1.22. The average molecular weight is 245 g/mol. The van der Waals surface area contributed by atoms with E-state index in [1.807, 2.05) is 12.1 Å². The molecular weight excluding hydrogens is 231 g/mol. The molecule has 0 bridgehead atoms. The van der Waals surface area contributed by atoms with Gasteiger partial charge in [0.1, 0.15) is 0 Å². The molecule has 0 spiro atoms. The van der Waals surface area contributed by atoms with E-state index in [0.717, 1.165) is 5.56 Å². The molecule has 0 aliphatic carbocycles. The van der Waals surface area contributed by atoms with Crippen molar-refractivity contribution in [2.75, 3.05) is 6.61 Å². The van der Waals surface area contributed by atoms with Crippen LogP contribution in [0.1, 0.15) is 18.4 Å². The number of alkyl halides is 1. The van der Waals surface area contributed by atoms with Gasteiger partial charge in [-0.25, -0.2) is 4.39 Å². The molecule has 0 aliphatic rings. The van der Waals surface area contributed by atoms with Crippen molar-refractivity contribution in [1.29, 1.82) is 0 Å². The summed E-state index contributed by atoms with van der Waals surface area (Å²) >= 11 is 5.73. The van der Waals surface area contributed by atoms with Gasteiger partial charge in [0.25, 0.3) is 0 Å². The molecular formula is C12H14ClFO2. The molecule has 88 valence electrons. The van der Waals surface area contributed by atoms with Gasteiger partial charge in [0.15, 0.2) is 12.5 Å². The molecule has 0 radical (unpaired) electrons. The summed E-state index contributed by atoms with van der Waals surface area (Å²) in [4.78, 5) is 9.99. The molecule has 1 rings (SSSR count).